The van der Waals surface area contributed by atoms with E-state index in [-0.39, 0.29) is 5.92 Å². The maximum atomic E-state index is 13.1. The molecule has 0 fully saturated rings. The highest BCUT2D eigenvalue weighted by atomic mass is 19.4. The van der Waals surface area contributed by atoms with Gasteiger partial charge < -0.3 is 5.11 Å². The summed E-state index contributed by atoms with van der Waals surface area (Å²) < 4.78 is 39.3. The van der Waals surface area contributed by atoms with Gasteiger partial charge in [-0.1, -0.05) is 44.2 Å². The number of halogens is 3. The van der Waals surface area contributed by atoms with Crippen LogP contribution in [0.3, 0.4) is 0 Å². The highest BCUT2D eigenvalue weighted by molar-refractivity contribution is 5.90. The van der Waals surface area contributed by atoms with E-state index in [1.165, 1.54) is 6.07 Å². The largest absolute Gasteiger partial charge is 0.478 e. The number of carboxylic acids is 1. The number of hydrogen-bond acceptors (Lipinski definition) is 1. The molecule has 0 aliphatic carbocycles. The fraction of sp³-hybridized carbons (Fsp3) is 0.235. The predicted molar refractivity (Wildman–Crippen MR) is 77.9 cm³/mol. The standard InChI is InChI=1S/C17H15F3O2/c1-10(2)12-5-3-4-6-13(12)11-7-8-14(16(21)22)15(9-11)17(18,19)20/h3-10H,1-2H3,(H,21,22). The first kappa shape index (κ1) is 16.1. The van der Waals surface area contributed by atoms with E-state index < -0.39 is 23.3 Å². The van der Waals surface area contributed by atoms with Crippen molar-refractivity contribution >= 4 is 5.97 Å². The molecule has 0 aliphatic heterocycles. The van der Waals surface area contributed by atoms with Gasteiger partial charge in [0.25, 0.3) is 0 Å². The summed E-state index contributed by atoms with van der Waals surface area (Å²) in [4.78, 5) is 11.0. The van der Waals surface area contributed by atoms with Gasteiger partial charge in [-0.25, -0.2) is 4.79 Å². The van der Waals surface area contributed by atoms with Crippen molar-refractivity contribution in [1.29, 1.82) is 0 Å². The van der Waals surface area contributed by atoms with Gasteiger partial charge in [-0.15, -0.1) is 0 Å². The molecule has 0 atom stereocenters. The minimum absolute atomic E-state index is 0.143. The summed E-state index contributed by atoms with van der Waals surface area (Å²) in [5, 5.41) is 8.93. The normalized spacial score (nSPS) is 11.7. The molecule has 2 aromatic carbocycles. The molecule has 2 aromatic rings. The molecular formula is C17H15F3O2. The number of benzene rings is 2. The molecule has 0 amide bonds. The number of carboxylic acid groups (broad SMARTS) is 1. The fourth-order valence-electron chi connectivity index (χ4n) is 2.40. The van der Waals surface area contributed by atoms with Gasteiger partial charge in [-0.05, 0) is 34.7 Å². The van der Waals surface area contributed by atoms with Gasteiger partial charge in [0.2, 0.25) is 0 Å². The topological polar surface area (TPSA) is 37.3 Å². The van der Waals surface area contributed by atoms with Crippen molar-refractivity contribution in [1.82, 2.24) is 0 Å². The van der Waals surface area contributed by atoms with Crippen molar-refractivity contribution in [3.05, 3.63) is 59.2 Å². The van der Waals surface area contributed by atoms with Crippen LogP contribution in [-0.4, -0.2) is 11.1 Å². The van der Waals surface area contributed by atoms with E-state index in [0.29, 0.717) is 11.1 Å². The van der Waals surface area contributed by atoms with E-state index in [1.807, 2.05) is 26.0 Å². The smallest absolute Gasteiger partial charge is 0.417 e. The predicted octanol–water partition coefficient (Wildman–Crippen LogP) is 5.19. The zero-order chi connectivity index (χ0) is 16.5. The summed E-state index contributed by atoms with van der Waals surface area (Å²) in [6.07, 6.45) is -4.71. The molecule has 0 saturated carbocycles. The Morgan fingerprint density at radius 3 is 2.27 bits per heavy atom. The first-order valence-electron chi connectivity index (χ1n) is 6.75. The van der Waals surface area contributed by atoms with Crippen molar-refractivity contribution in [2.45, 2.75) is 25.9 Å². The third-order valence-corrected chi connectivity index (χ3v) is 3.45. The van der Waals surface area contributed by atoms with Crippen LogP contribution in [0.4, 0.5) is 13.2 Å². The van der Waals surface area contributed by atoms with Gasteiger partial charge >= 0.3 is 12.1 Å². The number of carbonyl (C=O) groups is 1. The summed E-state index contributed by atoms with van der Waals surface area (Å²) in [5.74, 6) is -1.44. The van der Waals surface area contributed by atoms with Gasteiger partial charge in [-0.2, -0.15) is 13.2 Å². The Kier molecular flexibility index (Phi) is 4.26. The molecule has 2 rings (SSSR count). The molecule has 0 radical (unpaired) electrons. The monoisotopic (exact) mass is 308 g/mol. The van der Waals surface area contributed by atoms with Gasteiger partial charge in [-0.3, -0.25) is 0 Å². The van der Waals surface area contributed by atoms with E-state index in [2.05, 4.69) is 0 Å². The van der Waals surface area contributed by atoms with E-state index in [0.717, 1.165) is 17.7 Å². The molecular weight excluding hydrogens is 293 g/mol. The van der Waals surface area contributed by atoms with Crippen molar-refractivity contribution in [3.63, 3.8) is 0 Å². The van der Waals surface area contributed by atoms with Gasteiger partial charge in [0.15, 0.2) is 0 Å². The van der Waals surface area contributed by atoms with Crippen molar-refractivity contribution in [3.8, 4) is 11.1 Å². The van der Waals surface area contributed by atoms with Crippen LogP contribution in [0.2, 0.25) is 0 Å². The Balaban J connectivity index is 2.67. The number of aromatic carboxylic acids is 1. The molecule has 5 heteroatoms. The lowest BCUT2D eigenvalue weighted by molar-refractivity contribution is -0.138. The first-order valence-corrected chi connectivity index (χ1v) is 6.75. The molecule has 1 N–H and O–H groups in total. The molecule has 2 nitrogen and oxygen atoms in total. The molecule has 0 aromatic heterocycles. The van der Waals surface area contributed by atoms with E-state index >= 15 is 0 Å². The van der Waals surface area contributed by atoms with Gasteiger partial charge in [0.05, 0.1) is 11.1 Å². The number of alkyl halides is 3. The lowest BCUT2D eigenvalue weighted by Gasteiger charge is -2.16. The summed E-state index contributed by atoms with van der Waals surface area (Å²) in [7, 11) is 0. The summed E-state index contributed by atoms with van der Waals surface area (Å²) in [6.45, 7) is 3.91. The lowest BCUT2D eigenvalue weighted by Crippen LogP contribution is -2.13. The summed E-state index contributed by atoms with van der Waals surface area (Å²) in [5.41, 5.74) is 0.0922. The van der Waals surface area contributed by atoms with E-state index in [9.17, 15) is 18.0 Å². The summed E-state index contributed by atoms with van der Waals surface area (Å²) in [6, 6.07) is 10.5. The molecule has 0 bridgehead atoms. The molecule has 0 saturated heterocycles. The third kappa shape index (κ3) is 3.13. The fourth-order valence-corrected chi connectivity index (χ4v) is 2.40. The third-order valence-electron chi connectivity index (χ3n) is 3.45. The lowest BCUT2D eigenvalue weighted by atomic mass is 9.91. The minimum Gasteiger partial charge on any atom is -0.478 e. The van der Waals surface area contributed by atoms with E-state index in [4.69, 9.17) is 5.11 Å². The first-order chi connectivity index (χ1) is 10.2. The van der Waals surface area contributed by atoms with Crippen LogP contribution in [-0.2, 0) is 6.18 Å². The molecule has 0 aliphatic rings. The van der Waals surface area contributed by atoms with Crippen LogP contribution < -0.4 is 0 Å². The quantitative estimate of drug-likeness (QED) is 0.846. The number of rotatable bonds is 3. The van der Waals surface area contributed by atoms with Crippen LogP contribution in [0.15, 0.2) is 42.5 Å². The zero-order valence-electron chi connectivity index (χ0n) is 12.1. The maximum Gasteiger partial charge on any atom is 0.417 e. The van der Waals surface area contributed by atoms with Crippen LogP contribution in [0.1, 0.15) is 41.3 Å². The van der Waals surface area contributed by atoms with E-state index in [1.54, 1.807) is 12.1 Å². The van der Waals surface area contributed by atoms with Crippen molar-refractivity contribution in [2.75, 3.05) is 0 Å². The Morgan fingerprint density at radius 1 is 1.09 bits per heavy atom. The second-order valence-corrected chi connectivity index (χ2v) is 5.31. The molecule has 116 valence electrons. The van der Waals surface area contributed by atoms with Gasteiger partial charge in [0.1, 0.15) is 0 Å². The molecule has 0 heterocycles. The number of hydrogen-bond donors (Lipinski definition) is 1. The van der Waals surface area contributed by atoms with Crippen LogP contribution in [0.5, 0.6) is 0 Å². The minimum atomic E-state index is -4.71. The van der Waals surface area contributed by atoms with Crippen molar-refractivity contribution < 1.29 is 23.1 Å². The van der Waals surface area contributed by atoms with Crippen LogP contribution >= 0.6 is 0 Å². The highest BCUT2D eigenvalue weighted by Gasteiger charge is 2.35. The molecule has 0 spiro atoms. The Labute approximate surface area is 126 Å². The average molecular weight is 308 g/mol. The van der Waals surface area contributed by atoms with Crippen LogP contribution in [0, 0.1) is 0 Å². The Hall–Kier alpha value is -2.30. The van der Waals surface area contributed by atoms with Crippen LogP contribution in [0.25, 0.3) is 11.1 Å². The molecule has 22 heavy (non-hydrogen) atoms. The Bertz CT molecular complexity index is 703. The highest BCUT2D eigenvalue weighted by Crippen LogP contribution is 2.36. The average Bonchev–Trinajstić information content (AvgIpc) is 2.45. The molecule has 0 unspecified atom stereocenters. The second kappa shape index (κ2) is 5.83. The van der Waals surface area contributed by atoms with Gasteiger partial charge in [0, 0.05) is 0 Å². The second-order valence-electron chi connectivity index (χ2n) is 5.31. The maximum absolute atomic E-state index is 13.1. The SMILES string of the molecule is CC(C)c1ccccc1-c1ccc(C(=O)O)c(C(F)(F)F)c1. The van der Waals surface area contributed by atoms with Crippen molar-refractivity contribution in [2.24, 2.45) is 0 Å². The zero-order valence-corrected chi connectivity index (χ0v) is 12.1. The summed E-state index contributed by atoms with van der Waals surface area (Å²) >= 11 is 0. The Morgan fingerprint density at radius 2 is 1.73 bits per heavy atom.